The van der Waals surface area contributed by atoms with E-state index in [1.54, 1.807) is 0 Å². The van der Waals surface area contributed by atoms with Gasteiger partial charge in [0, 0.05) is 6.42 Å². The van der Waals surface area contributed by atoms with Gasteiger partial charge in [0.15, 0.2) is 0 Å². The van der Waals surface area contributed by atoms with E-state index < -0.39 is 12.1 Å². The normalized spacial score (nSPS) is 12.5. The molecule has 0 fully saturated rings. The summed E-state index contributed by atoms with van der Waals surface area (Å²) in [6, 6.07) is -0.533. The molecule has 0 saturated carbocycles. The second kappa shape index (κ2) is 66.7. The summed E-state index contributed by atoms with van der Waals surface area (Å²) in [4.78, 5) is 12.6. The van der Waals surface area contributed by atoms with Crippen LogP contribution in [0.5, 0.6) is 0 Å². The van der Waals surface area contributed by atoms with E-state index in [1.807, 2.05) is 0 Å². The first-order valence-corrected chi connectivity index (χ1v) is 35.2. The van der Waals surface area contributed by atoms with Crippen molar-refractivity contribution in [2.45, 2.75) is 437 Å². The number of hydrogen-bond donors (Lipinski definition) is 3. The second-order valence-corrected chi connectivity index (χ2v) is 24.7. The van der Waals surface area contributed by atoms with Crippen LogP contribution >= 0.6 is 0 Å². The molecule has 0 aliphatic carbocycles. The lowest BCUT2D eigenvalue weighted by Crippen LogP contribution is -2.45. The van der Waals surface area contributed by atoms with E-state index in [4.69, 9.17) is 0 Å². The van der Waals surface area contributed by atoms with Crippen LogP contribution in [0, 0.1) is 0 Å². The minimum absolute atomic E-state index is 0.0191. The average molecular weight is 1040 g/mol. The highest BCUT2D eigenvalue weighted by Gasteiger charge is 2.20. The van der Waals surface area contributed by atoms with Gasteiger partial charge in [-0.15, -0.1) is 0 Å². The Balaban J connectivity index is 3.35. The Morgan fingerprint density at radius 1 is 0.270 bits per heavy atom. The maximum atomic E-state index is 12.6. The number of amides is 1. The molecule has 0 bridgehead atoms. The summed E-state index contributed by atoms with van der Waals surface area (Å²) in [6.45, 7) is 4.42. The van der Waals surface area contributed by atoms with Gasteiger partial charge in [-0.25, -0.2) is 0 Å². The Bertz CT molecular complexity index is 1000. The zero-order valence-electron chi connectivity index (χ0n) is 51.4. The summed E-state index contributed by atoms with van der Waals surface area (Å²) >= 11 is 0. The van der Waals surface area contributed by atoms with E-state index in [0.717, 1.165) is 25.7 Å². The second-order valence-electron chi connectivity index (χ2n) is 24.7. The summed E-state index contributed by atoms with van der Waals surface area (Å²) in [5.74, 6) is -0.0191. The third kappa shape index (κ3) is 62.2. The average Bonchev–Trinajstić information content (AvgIpc) is 3.40. The Morgan fingerprint density at radius 3 is 0.608 bits per heavy atom. The van der Waals surface area contributed by atoms with Crippen molar-refractivity contribution in [2.24, 2.45) is 0 Å². The van der Waals surface area contributed by atoms with Crippen LogP contribution in [0.15, 0.2) is 0 Å². The summed E-state index contributed by atoms with van der Waals surface area (Å²) in [5, 5.41) is 23.5. The lowest BCUT2D eigenvalue weighted by molar-refractivity contribution is -0.123. The molecule has 0 aliphatic rings. The van der Waals surface area contributed by atoms with Crippen molar-refractivity contribution in [3.8, 4) is 0 Å². The number of unbranched alkanes of at least 4 members (excludes halogenated alkanes) is 60. The van der Waals surface area contributed by atoms with Gasteiger partial charge in [-0.1, -0.05) is 406 Å². The molecule has 0 heterocycles. The highest BCUT2D eigenvalue weighted by molar-refractivity contribution is 5.76. The van der Waals surface area contributed by atoms with Crippen LogP contribution in [0.25, 0.3) is 0 Å². The van der Waals surface area contributed by atoms with Crippen LogP contribution in [0.4, 0.5) is 0 Å². The van der Waals surface area contributed by atoms with E-state index in [-0.39, 0.29) is 12.5 Å². The Morgan fingerprint density at radius 2 is 0.432 bits per heavy atom. The van der Waals surface area contributed by atoms with Gasteiger partial charge < -0.3 is 15.5 Å². The fraction of sp³-hybridized carbons (Fsp3) is 0.986. The van der Waals surface area contributed by atoms with Gasteiger partial charge in [0.2, 0.25) is 5.91 Å². The van der Waals surface area contributed by atoms with Crippen LogP contribution in [0.2, 0.25) is 0 Å². The molecule has 4 heteroatoms. The molecule has 0 aromatic rings. The van der Waals surface area contributed by atoms with Crippen molar-refractivity contribution in [3.05, 3.63) is 0 Å². The monoisotopic (exact) mass is 1040 g/mol. The first kappa shape index (κ1) is 73.4. The van der Waals surface area contributed by atoms with E-state index >= 15 is 0 Å². The maximum absolute atomic E-state index is 12.6. The van der Waals surface area contributed by atoms with E-state index in [2.05, 4.69) is 19.2 Å². The van der Waals surface area contributed by atoms with Gasteiger partial charge in [-0.2, -0.15) is 0 Å². The lowest BCUT2D eigenvalue weighted by Gasteiger charge is -2.22. The largest absolute Gasteiger partial charge is 0.394 e. The van der Waals surface area contributed by atoms with Gasteiger partial charge >= 0.3 is 0 Å². The van der Waals surface area contributed by atoms with Crippen molar-refractivity contribution >= 4 is 5.91 Å². The molecule has 2 unspecified atom stereocenters. The number of nitrogens with one attached hydrogen (secondary N) is 1. The quantitative estimate of drug-likeness (QED) is 0.0532. The molecule has 3 N–H and O–H groups in total. The molecule has 4 nitrogen and oxygen atoms in total. The topological polar surface area (TPSA) is 69.6 Å². The first-order valence-electron chi connectivity index (χ1n) is 35.2. The van der Waals surface area contributed by atoms with Crippen molar-refractivity contribution in [2.75, 3.05) is 6.61 Å². The molecule has 2 atom stereocenters. The molecule has 444 valence electrons. The van der Waals surface area contributed by atoms with Gasteiger partial charge in [-0.3, -0.25) is 4.79 Å². The molecule has 0 radical (unpaired) electrons. The minimum atomic E-state index is -0.657. The summed E-state index contributed by atoms with van der Waals surface area (Å²) < 4.78 is 0. The Hall–Kier alpha value is -0.610. The first-order chi connectivity index (χ1) is 36.7. The lowest BCUT2D eigenvalue weighted by atomic mass is 10.0. The molecule has 0 saturated heterocycles. The predicted octanol–water partition coefficient (Wildman–Crippen LogP) is 23.8. The van der Waals surface area contributed by atoms with Gasteiger partial charge in [0.1, 0.15) is 0 Å². The van der Waals surface area contributed by atoms with Gasteiger partial charge in [0.05, 0.1) is 18.8 Å². The standard InChI is InChI=1S/C70H141NO3/c1-3-5-7-9-11-13-15-17-19-21-23-25-27-29-31-33-35-36-37-39-41-43-45-47-49-51-53-55-57-59-61-63-65-69(73)68(67-72)71-70(74)66-64-62-60-58-56-54-52-50-48-46-44-42-40-38-34-32-30-28-26-24-22-20-18-16-14-12-10-8-6-4-2/h68-69,72-73H,3-67H2,1-2H3,(H,71,74). The maximum Gasteiger partial charge on any atom is 0.220 e. The van der Waals surface area contributed by atoms with Crippen molar-refractivity contribution in [1.29, 1.82) is 0 Å². The summed E-state index contributed by atoms with van der Waals surface area (Å²) in [7, 11) is 0. The highest BCUT2D eigenvalue weighted by Crippen LogP contribution is 2.20. The van der Waals surface area contributed by atoms with Crippen LogP contribution in [0.3, 0.4) is 0 Å². The molecule has 0 aliphatic heterocycles. The molecule has 1 amide bonds. The number of rotatable bonds is 67. The fourth-order valence-electron chi connectivity index (χ4n) is 11.8. The SMILES string of the molecule is CCCCCCCCCCCCCCCCCCCCCCCCCCCCCCCCCCC(O)C(CO)NC(=O)CCCCCCCCCCCCCCCCCCCCCCCCCCCCCCCC. The molecule has 0 spiro atoms. The van der Waals surface area contributed by atoms with Gasteiger partial charge in [0.25, 0.3) is 0 Å². The van der Waals surface area contributed by atoms with Gasteiger partial charge in [-0.05, 0) is 12.8 Å². The minimum Gasteiger partial charge on any atom is -0.394 e. The highest BCUT2D eigenvalue weighted by atomic mass is 16.3. The number of aliphatic hydroxyl groups is 2. The van der Waals surface area contributed by atoms with E-state index in [1.165, 1.54) is 372 Å². The van der Waals surface area contributed by atoms with Crippen molar-refractivity contribution in [1.82, 2.24) is 5.32 Å². The molecular weight excluding hydrogens is 903 g/mol. The third-order valence-electron chi connectivity index (χ3n) is 17.1. The zero-order chi connectivity index (χ0) is 53.4. The Kier molecular flexibility index (Phi) is 66.1. The smallest absolute Gasteiger partial charge is 0.220 e. The van der Waals surface area contributed by atoms with Crippen LogP contribution in [0.1, 0.15) is 425 Å². The van der Waals surface area contributed by atoms with Crippen LogP contribution < -0.4 is 5.32 Å². The van der Waals surface area contributed by atoms with E-state index in [9.17, 15) is 15.0 Å². The van der Waals surface area contributed by atoms with Crippen LogP contribution in [-0.4, -0.2) is 34.9 Å². The van der Waals surface area contributed by atoms with Crippen molar-refractivity contribution < 1.29 is 15.0 Å². The number of carbonyl (C=O) groups is 1. The molecular formula is C70H141NO3. The molecule has 0 aromatic carbocycles. The molecule has 74 heavy (non-hydrogen) atoms. The fourth-order valence-corrected chi connectivity index (χ4v) is 11.8. The van der Waals surface area contributed by atoms with Crippen molar-refractivity contribution in [3.63, 3.8) is 0 Å². The predicted molar refractivity (Wildman–Crippen MR) is 332 cm³/mol. The third-order valence-corrected chi connectivity index (χ3v) is 17.1. The van der Waals surface area contributed by atoms with E-state index in [0.29, 0.717) is 12.8 Å². The number of carbonyl (C=O) groups excluding carboxylic acids is 1. The molecule has 0 rings (SSSR count). The van der Waals surface area contributed by atoms with Crippen LogP contribution in [-0.2, 0) is 4.79 Å². The Labute approximate surface area is 467 Å². The summed E-state index contributed by atoms with van der Waals surface area (Å²) in [5.41, 5.74) is 0. The number of aliphatic hydroxyl groups excluding tert-OH is 2. The number of hydrogen-bond acceptors (Lipinski definition) is 3. The molecule has 0 aromatic heterocycles. The summed E-state index contributed by atoms with van der Waals surface area (Å²) in [6.07, 6.45) is 87.4. The zero-order valence-corrected chi connectivity index (χ0v) is 51.4.